The SMILES string of the molecule is CC(c1ccc(OC(F)(F)F)cc1)N1CCC(N2C(=O)Cc3c(Cl)cccc32)CC1. The number of rotatable bonds is 4. The van der Waals surface area contributed by atoms with Gasteiger partial charge in [-0.3, -0.25) is 9.69 Å². The molecule has 0 aromatic heterocycles. The number of carbonyl (C=O) groups excluding carboxylic acids is 1. The Morgan fingerprint density at radius 1 is 1.10 bits per heavy atom. The maximum atomic E-state index is 12.6. The van der Waals surface area contributed by atoms with Crippen LogP contribution in [0.15, 0.2) is 42.5 Å². The lowest BCUT2D eigenvalue weighted by Crippen LogP contribution is -2.46. The van der Waals surface area contributed by atoms with Crippen LogP contribution in [0.25, 0.3) is 0 Å². The molecule has 2 aromatic rings. The Bertz CT molecular complexity index is 925. The van der Waals surface area contributed by atoms with E-state index in [0.29, 0.717) is 11.4 Å². The molecular formula is C22H22ClF3N2O2. The molecule has 4 nitrogen and oxygen atoms in total. The first-order chi connectivity index (χ1) is 14.2. The van der Waals surface area contributed by atoms with Crippen molar-refractivity contribution in [3.63, 3.8) is 0 Å². The summed E-state index contributed by atoms with van der Waals surface area (Å²) in [6.07, 6.45) is -2.68. The fourth-order valence-corrected chi connectivity index (χ4v) is 4.65. The van der Waals surface area contributed by atoms with Gasteiger partial charge < -0.3 is 9.64 Å². The lowest BCUT2D eigenvalue weighted by molar-refractivity contribution is -0.274. The van der Waals surface area contributed by atoms with Crippen LogP contribution in [0.1, 0.15) is 36.9 Å². The van der Waals surface area contributed by atoms with Crippen molar-refractivity contribution in [1.82, 2.24) is 4.90 Å². The number of likely N-dealkylation sites (tertiary alicyclic amines) is 1. The average molecular weight is 439 g/mol. The Kier molecular flexibility index (Phi) is 5.68. The molecule has 8 heteroatoms. The molecule has 0 spiro atoms. The maximum Gasteiger partial charge on any atom is 0.573 e. The number of piperidine rings is 1. The van der Waals surface area contributed by atoms with Gasteiger partial charge in [0.05, 0.1) is 6.42 Å². The number of hydrogen-bond donors (Lipinski definition) is 0. The zero-order valence-electron chi connectivity index (χ0n) is 16.5. The largest absolute Gasteiger partial charge is 0.573 e. The summed E-state index contributed by atoms with van der Waals surface area (Å²) in [7, 11) is 0. The number of nitrogens with zero attached hydrogens (tertiary/aromatic N) is 2. The molecule has 4 rings (SSSR count). The minimum Gasteiger partial charge on any atom is -0.406 e. The van der Waals surface area contributed by atoms with Gasteiger partial charge in [0.1, 0.15) is 5.75 Å². The Hall–Kier alpha value is -2.25. The molecule has 1 saturated heterocycles. The zero-order chi connectivity index (χ0) is 21.5. The van der Waals surface area contributed by atoms with Crippen LogP contribution in [0.5, 0.6) is 5.75 Å². The molecule has 2 heterocycles. The van der Waals surface area contributed by atoms with E-state index < -0.39 is 6.36 Å². The molecule has 1 unspecified atom stereocenters. The number of carbonyl (C=O) groups is 1. The van der Waals surface area contributed by atoms with E-state index in [4.69, 9.17) is 11.6 Å². The van der Waals surface area contributed by atoms with Crippen LogP contribution in [-0.2, 0) is 11.2 Å². The quantitative estimate of drug-likeness (QED) is 0.644. The molecule has 1 fully saturated rings. The molecule has 2 aliphatic rings. The second-order valence-electron chi connectivity index (χ2n) is 7.74. The van der Waals surface area contributed by atoms with Gasteiger partial charge in [0.2, 0.25) is 5.91 Å². The summed E-state index contributed by atoms with van der Waals surface area (Å²) >= 11 is 6.26. The standard InChI is InChI=1S/C22H22ClF3N2O2/c1-14(15-5-7-17(8-6-15)30-22(24,25)26)27-11-9-16(10-12-27)28-20-4-2-3-19(23)18(20)13-21(28)29/h2-8,14,16H,9-13H2,1H3. The van der Waals surface area contributed by atoms with Gasteiger partial charge in [-0.1, -0.05) is 29.8 Å². The Morgan fingerprint density at radius 2 is 1.77 bits per heavy atom. The summed E-state index contributed by atoms with van der Waals surface area (Å²) in [5, 5.41) is 0.632. The number of ether oxygens (including phenoxy) is 1. The monoisotopic (exact) mass is 438 g/mol. The van der Waals surface area contributed by atoms with E-state index in [1.54, 1.807) is 12.1 Å². The highest BCUT2D eigenvalue weighted by atomic mass is 35.5. The predicted molar refractivity (Wildman–Crippen MR) is 109 cm³/mol. The number of halogens is 4. The second-order valence-corrected chi connectivity index (χ2v) is 8.15. The Labute approximate surface area is 178 Å². The summed E-state index contributed by atoms with van der Waals surface area (Å²) in [4.78, 5) is 16.8. The van der Waals surface area contributed by atoms with E-state index in [2.05, 4.69) is 9.64 Å². The van der Waals surface area contributed by atoms with Crippen molar-refractivity contribution in [2.24, 2.45) is 0 Å². The van der Waals surface area contributed by atoms with Crippen LogP contribution in [0.4, 0.5) is 18.9 Å². The summed E-state index contributed by atoms with van der Waals surface area (Å²) in [5.74, 6) is -0.133. The first-order valence-electron chi connectivity index (χ1n) is 9.92. The third-order valence-electron chi connectivity index (χ3n) is 5.96. The van der Waals surface area contributed by atoms with Crippen LogP contribution in [-0.4, -0.2) is 36.3 Å². The van der Waals surface area contributed by atoms with Crippen molar-refractivity contribution >= 4 is 23.2 Å². The van der Waals surface area contributed by atoms with Gasteiger partial charge in [-0.25, -0.2) is 0 Å². The molecule has 2 aromatic carbocycles. The van der Waals surface area contributed by atoms with E-state index in [1.807, 2.05) is 30.0 Å². The zero-order valence-corrected chi connectivity index (χ0v) is 17.2. The lowest BCUT2D eigenvalue weighted by Gasteiger charge is -2.39. The number of anilines is 1. The van der Waals surface area contributed by atoms with Crippen molar-refractivity contribution in [1.29, 1.82) is 0 Å². The fourth-order valence-electron chi connectivity index (χ4n) is 4.41. The van der Waals surface area contributed by atoms with Crippen molar-refractivity contribution in [2.75, 3.05) is 18.0 Å². The van der Waals surface area contributed by atoms with Crippen molar-refractivity contribution < 1.29 is 22.7 Å². The van der Waals surface area contributed by atoms with Crippen molar-refractivity contribution in [3.05, 3.63) is 58.6 Å². The molecule has 0 aliphatic carbocycles. The topological polar surface area (TPSA) is 32.8 Å². The summed E-state index contributed by atoms with van der Waals surface area (Å²) in [6.45, 7) is 3.63. The Balaban J connectivity index is 1.39. The van der Waals surface area contributed by atoms with Crippen LogP contribution in [0.2, 0.25) is 5.02 Å². The minimum absolute atomic E-state index is 0.0573. The van der Waals surface area contributed by atoms with Gasteiger partial charge in [0.15, 0.2) is 0 Å². The van der Waals surface area contributed by atoms with Gasteiger partial charge in [-0.2, -0.15) is 0 Å². The summed E-state index contributed by atoms with van der Waals surface area (Å²) in [6, 6.07) is 11.8. The first-order valence-corrected chi connectivity index (χ1v) is 10.3. The normalized spacial score (nSPS) is 19.1. The lowest BCUT2D eigenvalue weighted by atomic mass is 9.99. The van der Waals surface area contributed by atoms with E-state index in [-0.39, 0.29) is 23.7 Å². The van der Waals surface area contributed by atoms with Gasteiger partial charge >= 0.3 is 6.36 Å². The van der Waals surface area contributed by atoms with Crippen LogP contribution in [0.3, 0.4) is 0 Å². The highest BCUT2D eigenvalue weighted by Gasteiger charge is 2.36. The van der Waals surface area contributed by atoms with E-state index in [1.165, 1.54) is 12.1 Å². The average Bonchev–Trinajstić information content (AvgIpc) is 3.04. The first kappa shape index (κ1) is 21.0. The molecule has 0 saturated carbocycles. The molecule has 160 valence electrons. The van der Waals surface area contributed by atoms with E-state index >= 15 is 0 Å². The van der Waals surface area contributed by atoms with E-state index in [9.17, 15) is 18.0 Å². The number of fused-ring (bicyclic) bond motifs is 1. The molecule has 0 bridgehead atoms. The third kappa shape index (κ3) is 4.27. The van der Waals surface area contributed by atoms with Crippen LogP contribution < -0.4 is 9.64 Å². The highest BCUT2D eigenvalue weighted by Crippen LogP contribution is 2.38. The molecule has 0 N–H and O–H groups in total. The molecule has 30 heavy (non-hydrogen) atoms. The summed E-state index contributed by atoms with van der Waals surface area (Å²) < 4.78 is 40.9. The predicted octanol–water partition coefficient (Wildman–Crippen LogP) is 5.35. The van der Waals surface area contributed by atoms with Crippen LogP contribution >= 0.6 is 11.6 Å². The third-order valence-corrected chi connectivity index (χ3v) is 6.31. The van der Waals surface area contributed by atoms with Gasteiger partial charge in [-0.15, -0.1) is 13.2 Å². The molecule has 0 radical (unpaired) electrons. The second kappa shape index (κ2) is 8.12. The molecule has 1 amide bonds. The maximum absolute atomic E-state index is 12.6. The number of hydrogen-bond acceptors (Lipinski definition) is 3. The van der Waals surface area contributed by atoms with Crippen LogP contribution in [0, 0.1) is 0 Å². The van der Waals surface area contributed by atoms with Crippen molar-refractivity contribution in [3.8, 4) is 5.75 Å². The Morgan fingerprint density at radius 3 is 2.40 bits per heavy atom. The number of benzene rings is 2. The molecule has 2 aliphatic heterocycles. The van der Waals surface area contributed by atoms with Gasteiger partial charge in [0, 0.05) is 41.4 Å². The molecular weight excluding hydrogens is 417 g/mol. The summed E-state index contributed by atoms with van der Waals surface area (Å²) in [5.41, 5.74) is 2.75. The fraction of sp³-hybridized carbons (Fsp3) is 0.409. The van der Waals surface area contributed by atoms with Gasteiger partial charge in [0.25, 0.3) is 0 Å². The minimum atomic E-state index is -4.69. The smallest absolute Gasteiger partial charge is 0.406 e. The van der Waals surface area contributed by atoms with E-state index in [0.717, 1.165) is 42.7 Å². The van der Waals surface area contributed by atoms with Gasteiger partial charge in [-0.05, 0) is 49.6 Å². The molecule has 1 atom stereocenters. The number of alkyl halides is 3. The number of amides is 1. The van der Waals surface area contributed by atoms with Crippen molar-refractivity contribution in [2.45, 2.75) is 44.6 Å². The highest BCUT2D eigenvalue weighted by molar-refractivity contribution is 6.32.